The molecule has 2 aromatic carbocycles. The highest BCUT2D eigenvalue weighted by Crippen LogP contribution is 2.39. The predicted molar refractivity (Wildman–Crippen MR) is 98.2 cm³/mol. The fraction of sp³-hybridized carbons (Fsp3) is 0.150. The van der Waals surface area contributed by atoms with Gasteiger partial charge in [0.1, 0.15) is 5.75 Å². The molecule has 0 radical (unpaired) electrons. The molecular weight excluding hydrogens is 300 g/mol. The zero-order valence-corrected chi connectivity index (χ0v) is 14.0. The molecule has 4 nitrogen and oxygen atoms in total. The number of aromatic amines is 1. The van der Waals surface area contributed by atoms with Crippen molar-refractivity contribution in [2.75, 3.05) is 5.73 Å². The molecule has 3 rings (SSSR count). The van der Waals surface area contributed by atoms with Gasteiger partial charge in [-0.15, -0.1) is 0 Å². The van der Waals surface area contributed by atoms with Crippen LogP contribution in [0.5, 0.6) is 5.75 Å². The van der Waals surface area contributed by atoms with Crippen molar-refractivity contribution >= 4 is 5.69 Å². The number of aromatic hydroxyl groups is 1. The maximum atomic E-state index is 11.8. The lowest BCUT2D eigenvalue weighted by molar-refractivity contribution is 0.479. The first-order valence-corrected chi connectivity index (χ1v) is 7.76. The number of hydrogen-bond acceptors (Lipinski definition) is 3. The molecule has 0 saturated carbocycles. The van der Waals surface area contributed by atoms with E-state index in [1.54, 1.807) is 0 Å². The third-order valence-electron chi connectivity index (χ3n) is 4.13. The van der Waals surface area contributed by atoms with Crippen LogP contribution in [0.15, 0.2) is 47.3 Å². The standard InChI is InChI=1S/C20H20N2O2/c1-11-6-16(14-4-5-18(21)12(2)8-14)20(24)17(7-11)15-9-13(3)22-19(23)10-15/h4-10,24H,21H2,1-3H3,(H,22,23). The molecule has 4 N–H and O–H groups in total. The van der Waals surface area contributed by atoms with Crippen LogP contribution in [0.4, 0.5) is 5.69 Å². The summed E-state index contributed by atoms with van der Waals surface area (Å²) in [6.07, 6.45) is 0. The quantitative estimate of drug-likeness (QED) is 0.626. The second kappa shape index (κ2) is 5.89. The van der Waals surface area contributed by atoms with Crippen molar-refractivity contribution < 1.29 is 5.11 Å². The van der Waals surface area contributed by atoms with Gasteiger partial charge in [-0.25, -0.2) is 0 Å². The lowest BCUT2D eigenvalue weighted by atomic mass is 9.94. The van der Waals surface area contributed by atoms with Crippen LogP contribution < -0.4 is 11.3 Å². The fourth-order valence-corrected chi connectivity index (χ4v) is 2.90. The van der Waals surface area contributed by atoms with E-state index in [4.69, 9.17) is 5.73 Å². The van der Waals surface area contributed by atoms with Gasteiger partial charge >= 0.3 is 0 Å². The van der Waals surface area contributed by atoms with Gasteiger partial charge in [0.15, 0.2) is 0 Å². The second-order valence-corrected chi connectivity index (χ2v) is 6.20. The Morgan fingerprint density at radius 2 is 1.58 bits per heavy atom. The molecule has 0 spiro atoms. The molecule has 3 aromatic rings. The highest BCUT2D eigenvalue weighted by Gasteiger charge is 2.14. The molecule has 0 atom stereocenters. The monoisotopic (exact) mass is 320 g/mol. The summed E-state index contributed by atoms with van der Waals surface area (Å²) in [7, 11) is 0. The summed E-state index contributed by atoms with van der Waals surface area (Å²) < 4.78 is 0. The number of nitrogens with two attached hydrogens (primary N) is 1. The topological polar surface area (TPSA) is 79.1 Å². The number of nitrogen functional groups attached to an aromatic ring is 1. The van der Waals surface area contributed by atoms with Crippen LogP contribution >= 0.6 is 0 Å². The summed E-state index contributed by atoms with van der Waals surface area (Å²) in [5.41, 5.74) is 12.1. The minimum atomic E-state index is -0.184. The van der Waals surface area contributed by atoms with Gasteiger partial charge in [-0.05, 0) is 73.4 Å². The average Bonchev–Trinajstić information content (AvgIpc) is 2.51. The number of phenolic OH excluding ortho intramolecular Hbond substituents is 1. The molecule has 0 amide bonds. The number of rotatable bonds is 2. The summed E-state index contributed by atoms with van der Waals surface area (Å²) in [5, 5.41) is 10.8. The number of aryl methyl sites for hydroxylation is 3. The van der Waals surface area contributed by atoms with Crippen LogP contribution in [0.2, 0.25) is 0 Å². The predicted octanol–water partition coefficient (Wildman–Crippen LogP) is 3.92. The van der Waals surface area contributed by atoms with E-state index in [1.165, 1.54) is 6.07 Å². The smallest absolute Gasteiger partial charge is 0.248 e. The molecule has 122 valence electrons. The van der Waals surface area contributed by atoms with Gasteiger partial charge in [0, 0.05) is 28.6 Å². The van der Waals surface area contributed by atoms with Crippen molar-refractivity contribution in [3.05, 3.63) is 69.6 Å². The molecule has 1 aromatic heterocycles. The molecule has 0 unspecified atom stereocenters. The largest absolute Gasteiger partial charge is 0.507 e. The van der Waals surface area contributed by atoms with Gasteiger partial charge in [-0.3, -0.25) is 4.79 Å². The van der Waals surface area contributed by atoms with E-state index >= 15 is 0 Å². The minimum absolute atomic E-state index is 0.162. The van der Waals surface area contributed by atoms with E-state index in [-0.39, 0.29) is 11.3 Å². The molecular formula is C20H20N2O2. The maximum absolute atomic E-state index is 11.8. The molecule has 0 aliphatic carbocycles. The molecule has 0 aliphatic rings. The molecule has 4 heteroatoms. The fourth-order valence-electron chi connectivity index (χ4n) is 2.90. The number of nitrogens with one attached hydrogen (secondary N) is 1. The van der Waals surface area contributed by atoms with Gasteiger partial charge in [0.05, 0.1) is 0 Å². The van der Waals surface area contributed by atoms with Crippen LogP contribution in [-0.2, 0) is 0 Å². The van der Waals surface area contributed by atoms with Crippen molar-refractivity contribution in [3.8, 4) is 28.0 Å². The highest BCUT2D eigenvalue weighted by atomic mass is 16.3. The first-order chi connectivity index (χ1) is 11.3. The van der Waals surface area contributed by atoms with Gasteiger partial charge in [0.25, 0.3) is 0 Å². The molecule has 0 saturated heterocycles. The Morgan fingerprint density at radius 1 is 0.917 bits per heavy atom. The first-order valence-electron chi connectivity index (χ1n) is 7.76. The van der Waals surface area contributed by atoms with Crippen molar-refractivity contribution in [2.45, 2.75) is 20.8 Å². The Labute approximate surface area is 140 Å². The van der Waals surface area contributed by atoms with Crippen LogP contribution in [0, 0.1) is 20.8 Å². The average molecular weight is 320 g/mol. The van der Waals surface area contributed by atoms with Crippen LogP contribution in [-0.4, -0.2) is 10.1 Å². The molecule has 0 aliphatic heterocycles. The van der Waals surface area contributed by atoms with Crippen LogP contribution in [0.3, 0.4) is 0 Å². The lowest BCUT2D eigenvalue weighted by Crippen LogP contribution is -2.05. The molecule has 0 fully saturated rings. The Kier molecular flexibility index (Phi) is 3.89. The van der Waals surface area contributed by atoms with Crippen molar-refractivity contribution in [3.63, 3.8) is 0 Å². The van der Waals surface area contributed by atoms with E-state index < -0.39 is 0 Å². The third kappa shape index (κ3) is 2.91. The highest BCUT2D eigenvalue weighted by molar-refractivity contribution is 5.83. The zero-order valence-electron chi connectivity index (χ0n) is 14.0. The molecule has 1 heterocycles. The Hall–Kier alpha value is -3.01. The normalized spacial score (nSPS) is 10.8. The lowest BCUT2D eigenvalue weighted by Gasteiger charge is -2.13. The van der Waals surface area contributed by atoms with Crippen molar-refractivity contribution in [2.24, 2.45) is 0 Å². The van der Waals surface area contributed by atoms with E-state index in [9.17, 15) is 9.90 Å². The number of aromatic nitrogens is 1. The third-order valence-corrected chi connectivity index (χ3v) is 4.13. The van der Waals surface area contributed by atoms with Crippen molar-refractivity contribution in [1.29, 1.82) is 0 Å². The van der Waals surface area contributed by atoms with Gasteiger partial charge in [0.2, 0.25) is 5.56 Å². The van der Waals surface area contributed by atoms with E-state index in [1.807, 2.05) is 57.2 Å². The van der Waals surface area contributed by atoms with Gasteiger partial charge in [-0.2, -0.15) is 0 Å². The summed E-state index contributed by atoms with van der Waals surface area (Å²) in [4.78, 5) is 14.5. The summed E-state index contributed by atoms with van der Waals surface area (Å²) in [5.74, 6) is 0.162. The molecule has 0 bridgehead atoms. The number of benzene rings is 2. The maximum Gasteiger partial charge on any atom is 0.248 e. The summed E-state index contributed by atoms with van der Waals surface area (Å²) in [6, 6.07) is 12.9. The minimum Gasteiger partial charge on any atom is -0.507 e. The number of anilines is 1. The number of H-pyrrole nitrogens is 1. The van der Waals surface area contributed by atoms with Gasteiger partial charge in [-0.1, -0.05) is 6.07 Å². The zero-order chi connectivity index (χ0) is 17.4. The SMILES string of the molecule is Cc1cc(-c2ccc(N)c(C)c2)c(O)c(-c2cc(C)[nH]c(=O)c2)c1. The van der Waals surface area contributed by atoms with Crippen LogP contribution in [0.1, 0.15) is 16.8 Å². The van der Waals surface area contributed by atoms with E-state index in [2.05, 4.69) is 4.98 Å². The second-order valence-electron chi connectivity index (χ2n) is 6.20. The van der Waals surface area contributed by atoms with E-state index in [0.717, 1.165) is 33.6 Å². The number of phenols is 1. The Balaban J connectivity index is 2.25. The van der Waals surface area contributed by atoms with Crippen molar-refractivity contribution in [1.82, 2.24) is 4.98 Å². The number of hydrogen-bond donors (Lipinski definition) is 3. The number of pyridine rings is 1. The summed E-state index contributed by atoms with van der Waals surface area (Å²) >= 11 is 0. The Bertz CT molecular complexity index is 987. The first kappa shape index (κ1) is 15.9. The van der Waals surface area contributed by atoms with E-state index in [0.29, 0.717) is 11.1 Å². The van der Waals surface area contributed by atoms with Crippen LogP contribution in [0.25, 0.3) is 22.3 Å². The molecule has 24 heavy (non-hydrogen) atoms. The summed E-state index contributed by atoms with van der Waals surface area (Å²) in [6.45, 7) is 5.73. The van der Waals surface area contributed by atoms with Gasteiger partial charge < -0.3 is 15.8 Å². The Morgan fingerprint density at radius 3 is 2.21 bits per heavy atom.